The van der Waals surface area contributed by atoms with Crippen LogP contribution in [0.5, 0.6) is 0 Å². The minimum atomic E-state index is -3.30. The van der Waals surface area contributed by atoms with E-state index < -0.39 is 10.2 Å². The van der Waals surface area contributed by atoms with Crippen molar-refractivity contribution in [1.29, 1.82) is 0 Å². The second-order valence-corrected chi connectivity index (χ2v) is 7.36. The van der Waals surface area contributed by atoms with Crippen LogP contribution in [0, 0.1) is 12.8 Å². The minimum absolute atomic E-state index is 0.471. The highest BCUT2D eigenvalue weighted by atomic mass is 32.2. The molecule has 1 saturated heterocycles. The lowest BCUT2D eigenvalue weighted by molar-refractivity contribution is 0.285. The van der Waals surface area contributed by atoms with Crippen molar-refractivity contribution in [2.45, 2.75) is 39.5 Å². The largest absolute Gasteiger partial charge is 0.283 e. The smallest absolute Gasteiger partial charge is 0.279 e. The van der Waals surface area contributed by atoms with Gasteiger partial charge in [0.2, 0.25) is 0 Å². The summed E-state index contributed by atoms with van der Waals surface area (Å²) in [7, 11) is -3.30. The number of hydrogen-bond donors (Lipinski definition) is 2. The van der Waals surface area contributed by atoms with Crippen LogP contribution in [0.1, 0.15) is 37.4 Å². The summed E-state index contributed by atoms with van der Waals surface area (Å²) >= 11 is 0. The Kier molecular flexibility index (Phi) is 5.17. The van der Waals surface area contributed by atoms with E-state index in [0.717, 1.165) is 36.9 Å². The van der Waals surface area contributed by atoms with E-state index in [1.54, 1.807) is 10.5 Å². The highest BCUT2D eigenvalue weighted by Crippen LogP contribution is 2.17. The Balaban J connectivity index is 1.74. The first-order valence-corrected chi connectivity index (χ1v) is 8.66. The fourth-order valence-corrected chi connectivity index (χ4v) is 3.70. The Bertz CT molecular complexity index is 518. The number of H-pyrrole nitrogens is 1. The van der Waals surface area contributed by atoms with Gasteiger partial charge in [0.05, 0.1) is 6.20 Å². The van der Waals surface area contributed by atoms with Crippen molar-refractivity contribution >= 4 is 10.2 Å². The molecule has 1 aromatic heterocycles. The first kappa shape index (κ1) is 15.5. The summed E-state index contributed by atoms with van der Waals surface area (Å²) in [5.74, 6) is 0.630. The molecule has 0 atom stereocenters. The molecule has 0 amide bonds. The van der Waals surface area contributed by atoms with Gasteiger partial charge in [0, 0.05) is 25.3 Å². The van der Waals surface area contributed by atoms with E-state index in [4.69, 9.17) is 0 Å². The van der Waals surface area contributed by atoms with Crippen molar-refractivity contribution in [2.75, 3.05) is 19.6 Å². The molecular formula is C13H24N4O2S. The fourth-order valence-electron chi connectivity index (χ4n) is 2.42. The van der Waals surface area contributed by atoms with Gasteiger partial charge in [-0.1, -0.05) is 6.92 Å². The lowest BCUT2D eigenvalue weighted by atomic mass is 10.0. The van der Waals surface area contributed by atoms with Crippen LogP contribution in [0.4, 0.5) is 0 Å². The van der Waals surface area contributed by atoms with Crippen molar-refractivity contribution in [3.8, 4) is 0 Å². The number of nitrogens with zero attached hydrogens (tertiary/aromatic N) is 2. The summed E-state index contributed by atoms with van der Waals surface area (Å²) in [6.07, 6.45) is 5.33. The van der Waals surface area contributed by atoms with Crippen molar-refractivity contribution < 1.29 is 8.42 Å². The van der Waals surface area contributed by atoms with Crippen LogP contribution in [-0.2, 0) is 16.6 Å². The lowest BCUT2D eigenvalue weighted by Gasteiger charge is -2.29. The van der Waals surface area contributed by atoms with Crippen LogP contribution in [0.15, 0.2) is 6.20 Å². The number of aryl methyl sites for hydroxylation is 2. The molecule has 114 valence electrons. The monoisotopic (exact) mass is 300 g/mol. The van der Waals surface area contributed by atoms with Crippen LogP contribution >= 0.6 is 0 Å². The van der Waals surface area contributed by atoms with E-state index in [2.05, 4.69) is 21.8 Å². The fraction of sp³-hybridized carbons (Fsp3) is 0.769. The number of aromatic nitrogens is 2. The van der Waals surface area contributed by atoms with E-state index in [-0.39, 0.29) is 0 Å². The molecule has 2 rings (SSSR count). The van der Waals surface area contributed by atoms with E-state index in [1.165, 1.54) is 0 Å². The van der Waals surface area contributed by atoms with Gasteiger partial charge in [-0.3, -0.25) is 5.10 Å². The standard InChI is InChI=1S/C13H24N4O2S/c1-11-5-8-17(9-6-11)20(18,19)15-7-3-4-13-10-14-16-12(13)2/h10-11,15H,3-9H2,1-2H3,(H,14,16). The molecule has 0 aliphatic carbocycles. The molecule has 1 aliphatic heterocycles. The number of hydrogen-bond acceptors (Lipinski definition) is 3. The molecule has 2 N–H and O–H groups in total. The predicted octanol–water partition coefficient (Wildman–Crippen LogP) is 1.22. The zero-order valence-corrected chi connectivity index (χ0v) is 13.0. The van der Waals surface area contributed by atoms with Gasteiger partial charge in [-0.25, -0.2) is 4.72 Å². The minimum Gasteiger partial charge on any atom is -0.283 e. The topological polar surface area (TPSA) is 78.1 Å². The Labute approximate surface area is 121 Å². The molecule has 20 heavy (non-hydrogen) atoms. The first-order valence-electron chi connectivity index (χ1n) is 7.22. The second kappa shape index (κ2) is 6.69. The third kappa shape index (κ3) is 4.04. The second-order valence-electron chi connectivity index (χ2n) is 5.60. The normalized spacial score (nSPS) is 18.5. The van der Waals surface area contributed by atoms with Gasteiger partial charge < -0.3 is 0 Å². The van der Waals surface area contributed by atoms with Gasteiger partial charge in [0.15, 0.2) is 0 Å². The molecule has 0 spiro atoms. The third-order valence-corrected chi connectivity index (χ3v) is 5.54. The molecule has 1 aliphatic rings. The van der Waals surface area contributed by atoms with Crippen molar-refractivity contribution in [1.82, 2.24) is 19.2 Å². The molecule has 1 fully saturated rings. The average Bonchev–Trinajstić information content (AvgIpc) is 2.81. The molecule has 2 heterocycles. The number of rotatable bonds is 6. The van der Waals surface area contributed by atoms with Gasteiger partial charge in [-0.05, 0) is 44.1 Å². The zero-order valence-electron chi connectivity index (χ0n) is 12.2. The van der Waals surface area contributed by atoms with E-state index in [1.807, 2.05) is 6.92 Å². The summed E-state index contributed by atoms with van der Waals surface area (Å²) in [4.78, 5) is 0. The molecule has 0 radical (unpaired) electrons. The zero-order chi connectivity index (χ0) is 14.6. The van der Waals surface area contributed by atoms with Crippen LogP contribution in [0.25, 0.3) is 0 Å². The lowest BCUT2D eigenvalue weighted by Crippen LogP contribution is -2.45. The molecule has 6 nitrogen and oxygen atoms in total. The number of nitrogens with one attached hydrogen (secondary N) is 2. The van der Waals surface area contributed by atoms with Gasteiger partial charge in [-0.15, -0.1) is 0 Å². The van der Waals surface area contributed by atoms with Gasteiger partial charge in [-0.2, -0.15) is 17.8 Å². The van der Waals surface area contributed by atoms with Gasteiger partial charge in [0.1, 0.15) is 0 Å². The molecule has 1 aromatic rings. The number of piperidine rings is 1. The van der Waals surface area contributed by atoms with Crippen LogP contribution in [0.2, 0.25) is 0 Å². The van der Waals surface area contributed by atoms with Crippen molar-refractivity contribution in [2.24, 2.45) is 5.92 Å². The van der Waals surface area contributed by atoms with Gasteiger partial charge >= 0.3 is 0 Å². The summed E-state index contributed by atoms with van der Waals surface area (Å²) in [5.41, 5.74) is 2.20. The maximum Gasteiger partial charge on any atom is 0.279 e. The van der Waals surface area contributed by atoms with Crippen LogP contribution < -0.4 is 4.72 Å². The molecule has 0 unspecified atom stereocenters. The Hall–Kier alpha value is -0.920. The van der Waals surface area contributed by atoms with Gasteiger partial charge in [0.25, 0.3) is 10.2 Å². The summed E-state index contributed by atoms with van der Waals surface area (Å²) in [6.45, 7) is 5.89. The van der Waals surface area contributed by atoms with E-state index in [0.29, 0.717) is 25.6 Å². The molecule has 0 bridgehead atoms. The Morgan fingerprint density at radius 2 is 2.15 bits per heavy atom. The summed E-state index contributed by atoms with van der Waals surface area (Å²) < 4.78 is 28.5. The third-order valence-electron chi connectivity index (χ3n) is 3.92. The molecule has 0 saturated carbocycles. The van der Waals surface area contributed by atoms with E-state index in [9.17, 15) is 8.42 Å². The van der Waals surface area contributed by atoms with E-state index >= 15 is 0 Å². The maximum absolute atomic E-state index is 12.1. The van der Waals surface area contributed by atoms with Crippen molar-refractivity contribution in [3.63, 3.8) is 0 Å². The molecule has 0 aromatic carbocycles. The maximum atomic E-state index is 12.1. The first-order chi connectivity index (χ1) is 9.49. The highest BCUT2D eigenvalue weighted by molar-refractivity contribution is 7.87. The molecular weight excluding hydrogens is 276 g/mol. The summed E-state index contributed by atoms with van der Waals surface area (Å²) in [5, 5.41) is 6.84. The summed E-state index contributed by atoms with van der Waals surface area (Å²) in [6, 6.07) is 0. The SMILES string of the molecule is Cc1[nH]ncc1CCCNS(=O)(=O)N1CCC(C)CC1. The van der Waals surface area contributed by atoms with Crippen LogP contribution in [-0.4, -0.2) is 42.6 Å². The van der Waals surface area contributed by atoms with Crippen molar-refractivity contribution in [3.05, 3.63) is 17.5 Å². The molecule has 7 heteroatoms. The highest BCUT2D eigenvalue weighted by Gasteiger charge is 2.25. The number of aromatic amines is 1. The average molecular weight is 300 g/mol. The Morgan fingerprint density at radius 3 is 2.75 bits per heavy atom. The predicted molar refractivity (Wildman–Crippen MR) is 78.5 cm³/mol. The van der Waals surface area contributed by atoms with Crippen LogP contribution in [0.3, 0.4) is 0 Å². The Morgan fingerprint density at radius 1 is 1.45 bits per heavy atom. The quantitative estimate of drug-likeness (QED) is 0.775.